The molecular formula is C23H21ClFN3O2S. The lowest BCUT2D eigenvalue weighted by Gasteiger charge is -2.30. The Morgan fingerprint density at radius 2 is 2.10 bits per heavy atom. The number of amides is 1. The number of allylic oxidation sites excluding steroid dienone is 2. The highest BCUT2D eigenvalue weighted by Crippen LogP contribution is 2.43. The predicted octanol–water partition coefficient (Wildman–Crippen LogP) is 5.93. The van der Waals surface area contributed by atoms with Crippen molar-refractivity contribution in [1.82, 2.24) is 5.32 Å². The Labute approximate surface area is 190 Å². The molecule has 1 heterocycles. The normalized spacial score (nSPS) is 15.9. The van der Waals surface area contributed by atoms with Crippen LogP contribution in [-0.4, -0.2) is 18.8 Å². The first-order valence-corrected chi connectivity index (χ1v) is 10.9. The van der Waals surface area contributed by atoms with Gasteiger partial charge < -0.3 is 15.4 Å². The van der Waals surface area contributed by atoms with E-state index in [4.69, 9.17) is 22.9 Å². The third kappa shape index (κ3) is 4.71. The second-order valence-corrected chi connectivity index (χ2v) is 8.39. The Balaban J connectivity index is 2.13. The number of nitrogens with one attached hydrogen (secondary N) is 2. The van der Waals surface area contributed by atoms with Crippen LogP contribution in [0.3, 0.4) is 0 Å². The van der Waals surface area contributed by atoms with Crippen molar-refractivity contribution in [1.29, 1.82) is 0 Å². The maximum Gasteiger partial charge on any atom is 0.253 e. The van der Waals surface area contributed by atoms with Crippen molar-refractivity contribution in [2.24, 2.45) is 0 Å². The van der Waals surface area contributed by atoms with Gasteiger partial charge in [-0.3, -0.25) is 4.79 Å². The van der Waals surface area contributed by atoms with E-state index in [0.29, 0.717) is 27.9 Å². The summed E-state index contributed by atoms with van der Waals surface area (Å²) in [5.41, 5.74) is 1.78. The first-order chi connectivity index (χ1) is 14.9. The second kappa shape index (κ2) is 9.90. The van der Waals surface area contributed by atoms with Crippen LogP contribution in [-0.2, 0) is 4.79 Å². The summed E-state index contributed by atoms with van der Waals surface area (Å²) in [6.45, 7) is 11.5. The molecule has 1 amide bonds. The van der Waals surface area contributed by atoms with Gasteiger partial charge in [0.1, 0.15) is 11.6 Å². The zero-order valence-electron chi connectivity index (χ0n) is 17.3. The van der Waals surface area contributed by atoms with E-state index < -0.39 is 17.6 Å². The molecule has 0 radical (unpaired) electrons. The zero-order valence-corrected chi connectivity index (χ0v) is 18.8. The van der Waals surface area contributed by atoms with Gasteiger partial charge in [0.15, 0.2) is 0 Å². The molecule has 0 bridgehead atoms. The van der Waals surface area contributed by atoms with Gasteiger partial charge in [0.05, 0.1) is 30.3 Å². The number of anilines is 1. The fourth-order valence-corrected chi connectivity index (χ4v) is 4.42. The van der Waals surface area contributed by atoms with E-state index >= 15 is 0 Å². The number of halogens is 2. The third-order valence-corrected chi connectivity index (χ3v) is 5.91. The molecule has 1 unspecified atom stereocenters. The topological polar surface area (TPSA) is 54.7 Å². The number of methoxy groups -OCH3 is 1. The van der Waals surface area contributed by atoms with Crippen molar-refractivity contribution in [3.8, 4) is 5.75 Å². The Bertz CT molecular complexity index is 1120. The maximum absolute atomic E-state index is 15.0. The van der Waals surface area contributed by atoms with Gasteiger partial charge in [-0.05, 0) is 42.5 Å². The summed E-state index contributed by atoms with van der Waals surface area (Å²) in [5, 5.41) is 6.86. The number of benzene rings is 2. The van der Waals surface area contributed by atoms with Gasteiger partial charge >= 0.3 is 0 Å². The zero-order chi connectivity index (χ0) is 22.5. The molecular weight excluding hydrogens is 437 g/mol. The number of rotatable bonds is 6. The third-order valence-electron chi connectivity index (χ3n) is 4.78. The molecule has 1 atom stereocenters. The minimum Gasteiger partial charge on any atom is -0.495 e. The standard InChI is InChI=1S/C23H21ClFN3O2S/c1-5-31-23-21(26-3)20(15-11-10-14(24)12-16(15)25)19(13(2)27-23)22(29)28-17-8-6-7-9-18(17)30-4/h6-12,20,27H,5H2,1-2,4H3,(H,28,29). The number of carbonyl (C=O) groups excluding carboxylic acids is 1. The minimum absolute atomic E-state index is 0.218. The monoisotopic (exact) mass is 457 g/mol. The number of ether oxygens (including phenoxy) is 1. The molecule has 8 heteroatoms. The number of carbonyl (C=O) groups is 1. The van der Waals surface area contributed by atoms with Crippen LogP contribution in [0.5, 0.6) is 5.75 Å². The molecule has 0 saturated heterocycles. The average Bonchev–Trinajstić information content (AvgIpc) is 2.74. The van der Waals surface area contributed by atoms with Crippen molar-refractivity contribution in [2.45, 2.75) is 19.8 Å². The lowest BCUT2D eigenvalue weighted by atomic mass is 9.84. The molecule has 0 spiro atoms. The highest BCUT2D eigenvalue weighted by Gasteiger charge is 2.36. The summed E-state index contributed by atoms with van der Waals surface area (Å²) in [6, 6.07) is 11.3. The predicted molar refractivity (Wildman–Crippen MR) is 123 cm³/mol. The molecule has 0 fully saturated rings. The van der Waals surface area contributed by atoms with Crippen molar-refractivity contribution < 1.29 is 13.9 Å². The van der Waals surface area contributed by atoms with Gasteiger partial charge in [0, 0.05) is 16.3 Å². The van der Waals surface area contributed by atoms with E-state index in [1.165, 1.54) is 31.0 Å². The second-order valence-electron chi connectivity index (χ2n) is 6.68. The van der Waals surface area contributed by atoms with Crippen LogP contribution >= 0.6 is 23.4 Å². The fourth-order valence-electron chi connectivity index (χ4n) is 3.43. The molecule has 160 valence electrons. The van der Waals surface area contributed by atoms with Crippen LogP contribution < -0.4 is 15.4 Å². The molecule has 2 aromatic carbocycles. The highest BCUT2D eigenvalue weighted by atomic mass is 35.5. The Hall–Kier alpha value is -2.95. The first-order valence-electron chi connectivity index (χ1n) is 9.52. The van der Waals surface area contributed by atoms with Gasteiger partial charge in [-0.15, -0.1) is 11.8 Å². The average molecular weight is 458 g/mol. The number of hydrogen-bond donors (Lipinski definition) is 2. The number of nitrogens with zero attached hydrogens (tertiary/aromatic N) is 1. The quantitative estimate of drug-likeness (QED) is 0.528. The van der Waals surface area contributed by atoms with Gasteiger partial charge in [0.25, 0.3) is 5.91 Å². The Morgan fingerprint density at radius 1 is 1.35 bits per heavy atom. The van der Waals surface area contributed by atoms with Crippen LogP contribution in [0, 0.1) is 12.4 Å². The van der Waals surface area contributed by atoms with Crippen LogP contribution in [0.15, 0.2) is 64.5 Å². The van der Waals surface area contributed by atoms with E-state index in [1.807, 2.05) is 6.92 Å². The van der Waals surface area contributed by atoms with Crippen molar-refractivity contribution >= 4 is 35.0 Å². The number of hydrogen-bond acceptors (Lipinski definition) is 4. The van der Waals surface area contributed by atoms with Crippen molar-refractivity contribution in [3.05, 3.63) is 92.3 Å². The van der Waals surface area contributed by atoms with Crippen LogP contribution in [0.1, 0.15) is 25.3 Å². The number of para-hydroxylation sites is 2. The molecule has 0 saturated carbocycles. The van der Waals surface area contributed by atoms with E-state index in [2.05, 4.69) is 15.5 Å². The van der Waals surface area contributed by atoms with E-state index in [9.17, 15) is 9.18 Å². The molecule has 2 aromatic rings. The molecule has 0 aromatic heterocycles. The summed E-state index contributed by atoms with van der Waals surface area (Å²) in [5.74, 6) is -0.685. The van der Waals surface area contributed by atoms with Gasteiger partial charge in [-0.25, -0.2) is 9.24 Å². The molecule has 5 nitrogen and oxygen atoms in total. The van der Waals surface area contributed by atoms with Crippen LogP contribution in [0.2, 0.25) is 5.02 Å². The number of thioether (sulfide) groups is 1. The minimum atomic E-state index is -0.875. The van der Waals surface area contributed by atoms with Crippen LogP contribution in [0.25, 0.3) is 4.85 Å². The molecule has 3 rings (SSSR count). The number of dihydropyridines is 1. The maximum atomic E-state index is 15.0. The smallest absolute Gasteiger partial charge is 0.253 e. The Morgan fingerprint density at radius 3 is 2.74 bits per heavy atom. The summed E-state index contributed by atoms with van der Waals surface area (Å²) in [7, 11) is 1.51. The van der Waals surface area contributed by atoms with E-state index in [-0.39, 0.29) is 21.9 Å². The first kappa shape index (κ1) is 22.7. The molecule has 31 heavy (non-hydrogen) atoms. The largest absolute Gasteiger partial charge is 0.495 e. The lowest BCUT2D eigenvalue weighted by molar-refractivity contribution is -0.113. The van der Waals surface area contributed by atoms with Crippen molar-refractivity contribution in [3.63, 3.8) is 0 Å². The molecule has 1 aliphatic heterocycles. The summed E-state index contributed by atoms with van der Waals surface area (Å²) in [4.78, 5) is 17.1. The summed E-state index contributed by atoms with van der Waals surface area (Å²) < 4.78 is 20.3. The molecule has 1 aliphatic rings. The lowest BCUT2D eigenvalue weighted by Crippen LogP contribution is -2.30. The molecule has 2 N–H and O–H groups in total. The Kier molecular flexibility index (Phi) is 7.26. The fraction of sp³-hybridized carbons (Fsp3) is 0.217. The summed E-state index contributed by atoms with van der Waals surface area (Å²) in [6.07, 6.45) is 0. The van der Waals surface area contributed by atoms with E-state index in [1.54, 1.807) is 37.3 Å². The highest BCUT2D eigenvalue weighted by molar-refractivity contribution is 8.03. The van der Waals surface area contributed by atoms with Crippen molar-refractivity contribution in [2.75, 3.05) is 18.2 Å². The van der Waals surface area contributed by atoms with Gasteiger partial charge in [-0.1, -0.05) is 36.7 Å². The van der Waals surface area contributed by atoms with Gasteiger partial charge in [-0.2, -0.15) is 0 Å². The van der Waals surface area contributed by atoms with Crippen LogP contribution in [0.4, 0.5) is 10.1 Å². The van der Waals surface area contributed by atoms with Gasteiger partial charge in [0.2, 0.25) is 5.70 Å². The van der Waals surface area contributed by atoms with E-state index in [0.717, 1.165) is 0 Å². The SMILES string of the molecule is [C-]#[N+]C1=C(SCC)NC(C)=C(C(=O)Nc2ccccc2OC)C1c1ccc(Cl)cc1F. The summed E-state index contributed by atoms with van der Waals surface area (Å²) >= 11 is 7.38. The molecule has 0 aliphatic carbocycles.